The van der Waals surface area contributed by atoms with E-state index < -0.39 is 12.7 Å². The molecule has 0 heterocycles. The predicted octanol–water partition coefficient (Wildman–Crippen LogP) is 0.887. The standard InChI is InChI=1S/C5H9F3N2/c6-5(7,8)3-10(9)4-1-2-4/h4H,1-3,9H2. The zero-order valence-corrected chi connectivity index (χ0v) is 5.36. The molecule has 0 atom stereocenters. The number of nitrogens with two attached hydrogens (primary N) is 1. The van der Waals surface area contributed by atoms with Crippen LogP contribution in [0.2, 0.25) is 0 Å². The fraction of sp³-hybridized carbons (Fsp3) is 1.00. The third-order valence-electron chi connectivity index (χ3n) is 1.38. The van der Waals surface area contributed by atoms with Gasteiger partial charge in [-0.15, -0.1) is 0 Å². The lowest BCUT2D eigenvalue weighted by atomic mass is 10.5. The van der Waals surface area contributed by atoms with Gasteiger partial charge < -0.3 is 0 Å². The number of nitrogens with zero attached hydrogens (tertiary/aromatic N) is 1. The van der Waals surface area contributed by atoms with E-state index in [9.17, 15) is 13.2 Å². The largest absolute Gasteiger partial charge is 0.402 e. The highest BCUT2D eigenvalue weighted by Crippen LogP contribution is 2.27. The Bertz CT molecular complexity index is 119. The van der Waals surface area contributed by atoms with Crippen LogP contribution in [0.4, 0.5) is 13.2 Å². The molecule has 1 fully saturated rings. The zero-order chi connectivity index (χ0) is 7.78. The van der Waals surface area contributed by atoms with Crippen LogP contribution in [-0.4, -0.2) is 23.8 Å². The number of hydrazine groups is 1. The van der Waals surface area contributed by atoms with E-state index >= 15 is 0 Å². The number of hydrogen-bond acceptors (Lipinski definition) is 2. The molecule has 0 spiro atoms. The van der Waals surface area contributed by atoms with Crippen molar-refractivity contribution in [2.75, 3.05) is 6.54 Å². The van der Waals surface area contributed by atoms with Crippen molar-refractivity contribution in [1.82, 2.24) is 5.01 Å². The van der Waals surface area contributed by atoms with Crippen LogP contribution in [0.25, 0.3) is 0 Å². The summed E-state index contributed by atoms with van der Waals surface area (Å²) in [5.74, 6) is 5.08. The molecule has 60 valence electrons. The number of alkyl halides is 3. The lowest BCUT2D eigenvalue weighted by Gasteiger charge is -2.16. The highest BCUT2D eigenvalue weighted by atomic mass is 19.4. The maximum Gasteiger partial charge on any atom is 0.402 e. The Morgan fingerprint density at radius 2 is 1.90 bits per heavy atom. The first-order valence-corrected chi connectivity index (χ1v) is 3.07. The first kappa shape index (κ1) is 7.81. The lowest BCUT2D eigenvalue weighted by Crippen LogP contribution is -2.40. The molecule has 0 bridgehead atoms. The SMILES string of the molecule is NN(CC(F)(F)F)C1CC1. The Labute approximate surface area is 56.8 Å². The molecule has 5 heteroatoms. The van der Waals surface area contributed by atoms with Gasteiger partial charge in [-0.3, -0.25) is 5.84 Å². The molecule has 0 unspecified atom stereocenters. The molecule has 2 N–H and O–H groups in total. The van der Waals surface area contributed by atoms with E-state index in [4.69, 9.17) is 5.84 Å². The van der Waals surface area contributed by atoms with Crippen molar-refractivity contribution in [3.05, 3.63) is 0 Å². The van der Waals surface area contributed by atoms with Crippen LogP contribution in [-0.2, 0) is 0 Å². The summed E-state index contributed by atoms with van der Waals surface area (Å²) >= 11 is 0. The summed E-state index contributed by atoms with van der Waals surface area (Å²) in [5.41, 5.74) is 0. The van der Waals surface area contributed by atoms with Crippen molar-refractivity contribution >= 4 is 0 Å². The number of rotatable bonds is 2. The second-order valence-electron chi connectivity index (χ2n) is 2.52. The van der Waals surface area contributed by atoms with E-state index in [0.29, 0.717) is 0 Å². The van der Waals surface area contributed by atoms with Crippen LogP contribution in [0.5, 0.6) is 0 Å². The molecule has 0 aliphatic heterocycles. The summed E-state index contributed by atoms with van der Waals surface area (Å²) in [5, 5.41) is 0.861. The van der Waals surface area contributed by atoms with Gasteiger partial charge in [0.25, 0.3) is 0 Å². The van der Waals surface area contributed by atoms with Gasteiger partial charge >= 0.3 is 6.18 Å². The quantitative estimate of drug-likeness (QED) is 0.472. The highest BCUT2D eigenvalue weighted by Gasteiger charge is 2.36. The van der Waals surface area contributed by atoms with Crippen molar-refractivity contribution in [2.45, 2.75) is 25.1 Å². The molecule has 0 aromatic rings. The van der Waals surface area contributed by atoms with Gasteiger partial charge in [-0.25, -0.2) is 5.01 Å². The summed E-state index contributed by atoms with van der Waals surface area (Å²) in [6.07, 6.45) is -2.56. The minimum absolute atomic E-state index is 0.0263. The maximum atomic E-state index is 11.6. The molecule has 0 aromatic heterocycles. The third-order valence-corrected chi connectivity index (χ3v) is 1.38. The van der Waals surface area contributed by atoms with Crippen molar-refractivity contribution in [2.24, 2.45) is 5.84 Å². The lowest BCUT2D eigenvalue weighted by molar-refractivity contribution is -0.147. The second-order valence-corrected chi connectivity index (χ2v) is 2.52. The van der Waals surface area contributed by atoms with Crippen LogP contribution in [0.1, 0.15) is 12.8 Å². The first-order chi connectivity index (χ1) is 4.49. The second kappa shape index (κ2) is 2.39. The normalized spacial score (nSPS) is 20.1. The Kier molecular flexibility index (Phi) is 1.87. The molecule has 0 radical (unpaired) electrons. The smallest absolute Gasteiger partial charge is 0.268 e. The summed E-state index contributed by atoms with van der Waals surface area (Å²) in [6, 6.07) is -0.0263. The molecular formula is C5H9F3N2. The van der Waals surface area contributed by atoms with E-state index in [0.717, 1.165) is 17.9 Å². The van der Waals surface area contributed by atoms with Crippen LogP contribution >= 0.6 is 0 Å². The van der Waals surface area contributed by atoms with Gasteiger partial charge in [0.2, 0.25) is 0 Å². The van der Waals surface area contributed by atoms with Crippen LogP contribution in [0.3, 0.4) is 0 Å². The Morgan fingerprint density at radius 1 is 1.40 bits per heavy atom. The average Bonchev–Trinajstić information content (AvgIpc) is 2.35. The van der Waals surface area contributed by atoms with E-state index in [-0.39, 0.29) is 6.04 Å². The molecule has 0 amide bonds. The predicted molar refractivity (Wildman–Crippen MR) is 30.0 cm³/mol. The summed E-state index contributed by atoms with van der Waals surface area (Å²) in [4.78, 5) is 0. The number of halogens is 3. The van der Waals surface area contributed by atoms with Gasteiger partial charge in [0.1, 0.15) is 6.54 Å². The molecule has 10 heavy (non-hydrogen) atoms. The fourth-order valence-electron chi connectivity index (χ4n) is 0.742. The van der Waals surface area contributed by atoms with E-state index in [1.807, 2.05) is 0 Å². The molecule has 2 nitrogen and oxygen atoms in total. The van der Waals surface area contributed by atoms with E-state index in [2.05, 4.69) is 0 Å². The van der Waals surface area contributed by atoms with E-state index in [1.54, 1.807) is 0 Å². The van der Waals surface area contributed by atoms with Crippen LogP contribution in [0.15, 0.2) is 0 Å². The van der Waals surface area contributed by atoms with Crippen molar-refractivity contribution in [3.8, 4) is 0 Å². The minimum atomic E-state index is -4.16. The minimum Gasteiger partial charge on any atom is -0.268 e. The molecule has 1 saturated carbocycles. The van der Waals surface area contributed by atoms with Gasteiger partial charge in [-0.1, -0.05) is 0 Å². The molecule has 0 aromatic carbocycles. The Morgan fingerprint density at radius 3 is 2.20 bits per heavy atom. The maximum absolute atomic E-state index is 11.6. The summed E-state index contributed by atoms with van der Waals surface area (Å²) in [6.45, 7) is -0.988. The first-order valence-electron chi connectivity index (χ1n) is 3.07. The third kappa shape index (κ3) is 2.53. The summed E-state index contributed by atoms with van der Waals surface area (Å²) < 4.78 is 34.7. The average molecular weight is 154 g/mol. The Balaban J connectivity index is 2.23. The van der Waals surface area contributed by atoms with Gasteiger partial charge in [-0.05, 0) is 12.8 Å². The fourth-order valence-corrected chi connectivity index (χ4v) is 0.742. The summed E-state index contributed by atoms with van der Waals surface area (Å²) in [7, 11) is 0. The van der Waals surface area contributed by atoms with E-state index in [1.165, 1.54) is 0 Å². The van der Waals surface area contributed by atoms with Gasteiger partial charge in [0.05, 0.1) is 0 Å². The zero-order valence-electron chi connectivity index (χ0n) is 5.36. The number of hydrogen-bond donors (Lipinski definition) is 1. The molecule has 0 saturated heterocycles. The Hall–Kier alpha value is -0.290. The van der Waals surface area contributed by atoms with Crippen LogP contribution < -0.4 is 5.84 Å². The molecule has 1 aliphatic rings. The molecule has 1 aliphatic carbocycles. The highest BCUT2D eigenvalue weighted by molar-refractivity contribution is 4.82. The van der Waals surface area contributed by atoms with Crippen LogP contribution in [0, 0.1) is 0 Å². The van der Waals surface area contributed by atoms with Crippen molar-refractivity contribution in [1.29, 1.82) is 0 Å². The molecular weight excluding hydrogens is 145 g/mol. The monoisotopic (exact) mass is 154 g/mol. The topological polar surface area (TPSA) is 29.3 Å². The van der Waals surface area contributed by atoms with Crippen molar-refractivity contribution < 1.29 is 13.2 Å². The van der Waals surface area contributed by atoms with Gasteiger partial charge in [0.15, 0.2) is 0 Å². The molecule has 1 rings (SSSR count). The van der Waals surface area contributed by atoms with Gasteiger partial charge in [-0.2, -0.15) is 13.2 Å². The van der Waals surface area contributed by atoms with Crippen molar-refractivity contribution in [3.63, 3.8) is 0 Å². The van der Waals surface area contributed by atoms with Gasteiger partial charge in [0, 0.05) is 6.04 Å².